The van der Waals surface area contributed by atoms with Gasteiger partial charge in [0.05, 0.1) is 6.04 Å². The van der Waals surface area contributed by atoms with Gasteiger partial charge in [0, 0.05) is 30.1 Å². The van der Waals surface area contributed by atoms with Crippen molar-refractivity contribution < 1.29 is 24.3 Å². The van der Waals surface area contributed by atoms with Gasteiger partial charge in [-0.1, -0.05) is 32.0 Å². The van der Waals surface area contributed by atoms with Crippen LogP contribution in [0.2, 0.25) is 0 Å². The van der Waals surface area contributed by atoms with E-state index in [1.807, 2.05) is 44.4 Å². The number of amides is 3. The van der Waals surface area contributed by atoms with Crippen molar-refractivity contribution in [1.29, 1.82) is 0 Å². The number of aliphatic imine (C=N–C) groups is 1. The largest absolute Gasteiger partial charge is 0.480 e. The molecular formula is C28H44N8O5S. The second-order valence-electron chi connectivity index (χ2n) is 10.6. The first kappa shape index (κ1) is 34.4. The molecule has 0 saturated carbocycles. The number of aromatic amines is 1. The number of thioether (sulfide) groups is 1. The molecule has 0 radical (unpaired) electrons. The minimum Gasteiger partial charge on any atom is -0.480 e. The summed E-state index contributed by atoms with van der Waals surface area (Å²) in [6, 6.07) is 3.52. The van der Waals surface area contributed by atoms with Crippen LogP contribution in [0.4, 0.5) is 0 Å². The molecule has 0 saturated heterocycles. The molecule has 0 aliphatic carbocycles. The van der Waals surface area contributed by atoms with Crippen LogP contribution in [0.15, 0.2) is 35.5 Å². The van der Waals surface area contributed by atoms with E-state index in [-0.39, 0.29) is 37.7 Å². The maximum atomic E-state index is 13.6. The molecule has 2 rings (SSSR count). The number of carboxylic acids is 1. The summed E-state index contributed by atoms with van der Waals surface area (Å²) >= 11 is 1.48. The Morgan fingerprint density at radius 2 is 1.62 bits per heavy atom. The van der Waals surface area contributed by atoms with Gasteiger partial charge in [-0.2, -0.15) is 11.8 Å². The lowest BCUT2D eigenvalue weighted by Crippen LogP contribution is -2.57. The van der Waals surface area contributed by atoms with E-state index in [0.29, 0.717) is 18.6 Å². The third-order valence-electron chi connectivity index (χ3n) is 6.60. The van der Waals surface area contributed by atoms with Crippen molar-refractivity contribution in [1.82, 2.24) is 20.9 Å². The molecule has 1 aromatic carbocycles. The summed E-state index contributed by atoms with van der Waals surface area (Å²) < 4.78 is 0. The van der Waals surface area contributed by atoms with Crippen LogP contribution in [0.1, 0.15) is 45.1 Å². The number of carboxylic acid groups (broad SMARTS) is 1. The molecule has 14 heteroatoms. The number of nitrogens with one attached hydrogen (secondary N) is 4. The zero-order valence-electron chi connectivity index (χ0n) is 24.4. The van der Waals surface area contributed by atoms with Gasteiger partial charge < -0.3 is 43.2 Å². The number of carbonyl (C=O) groups is 4. The van der Waals surface area contributed by atoms with E-state index in [1.54, 1.807) is 6.20 Å². The number of nitrogens with two attached hydrogens (primary N) is 3. The highest BCUT2D eigenvalue weighted by Crippen LogP contribution is 2.19. The monoisotopic (exact) mass is 604 g/mol. The lowest BCUT2D eigenvalue weighted by molar-refractivity contribution is -0.142. The fraction of sp³-hybridized carbons (Fsp3) is 0.536. The van der Waals surface area contributed by atoms with Crippen LogP contribution >= 0.6 is 11.8 Å². The fourth-order valence-electron chi connectivity index (χ4n) is 4.43. The van der Waals surface area contributed by atoms with E-state index in [4.69, 9.17) is 17.2 Å². The maximum Gasteiger partial charge on any atom is 0.326 e. The van der Waals surface area contributed by atoms with Crippen molar-refractivity contribution in [3.63, 3.8) is 0 Å². The highest BCUT2D eigenvalue weighted by atomic mass is 32.2. The average molecular weight is 605 g/mol. The van der Waals surface area contributed by atoms with E-state index < -0.39 is 47.9 Å². The zero-order chi connectivity index (χ0) is 31.2. The van der Waals surface area contributed by atoms with Gasteiger partial charge in [0.1, 0.15) is 18.1 Å². The molecular weight excluding hydrogens is 560 g/mol. The molecule has 4 atom stereocenters. The Hall–Kier alpha value is -3.78. The number of benzene rings is 1. The average Bonchev–Trinajstić information content (AvgIpc) is 3.34. The fourth-order valence-corrected chi connectivity index (χ4v) is 4.90. The first-order valence-electron chi connectivity index (χ1n) is 13.9. The summed E-state index contributed by atoms with van der Waals surface area (Å²) in [6.07, 6.45) is 4.89. The minimum atomic E-state index is -1.22. The summed E-state index contributed by atoms with van der Waals surface area (Å²) in [5.74, 6) is -2.31. The maximum absolute atomic E-state index is 13.6. The summed E-state index contributed by atoms with van der Waals surface area (Å²) in [6.45, 7) is 4.11. The van der Waals surface area contributed by atoms with E-state index in [0.717, 1.165) is 16.5 Å². The molecule has 1 aromatic heterocycles. The molecule has 0 aliphatic heterocycles. The van der Waals surface area contributed by atoms with Gasteiger partial charge in [0.25, 0.3) is 0 Å². The number of carbonyl (C=O) groups excluding carboxylic acids is 3. The summed E-state index contributed by atoms with van der Waals surface area (Å²) in [4.78, 5) is 58.7. The number of rotatable bonds is 18. The molecule has 11 N–H and O–H groups in total. The number of fused-ring (bicyclic) bond motifs is 1. The van der Waals surface area contributed by atoms with Crippen molar-refractivity contribution in [2.24, 2.45) is 28.1 Å². The number of aromatic nitrogens is 1. The normalized spacial score (nSPS) is 14.0. The number of hydrogen-bond donors (Lipinski definition) is 8. The number of H-pyrrole nitrogens is 1. The topological polar surface area (TPSA) is 231 Å². The van der Waals surface area contributed by atoms with E-state index in [9.17, 15) is 24.3 Å². The van der Waals surface area contributed by atoms with E-state index in [1.165, 1.54) is 11.8 Å². The number of guanidine groups is 1. The highest BCUT2D eigenvalue weighted by Gasteiger charge is 2.31. The van der Waals surface area contributed by atoms with Gasteiger partial charge in [-0.15, -0.1) is 0 Å². The molecule has 13 nitrogen and oxygen atoms in total. The predicted octanol–water partition coefficient (Wildman–Crippen LogP) is 0.430. The number of hydrogen-bond acceptors (Lipinski definition) is 7. The standard InChI is InChI=1S/C28H44N8O5S/c1-16(2)13-19(29)24(37)36-23(14-17-15-33-20-8-5-4-7-18(17)20)26(39)34-21(10-12-42-3)25(38)35-22(27(40)41)9-6-11-32-28(30)31/h4-5,7-8,15-16,19,21-23,33H,6,9-14,29H2,1-3H3,(H,34,39)(H,35,38)(H,36,37)(H,40,41)(H4,30,31,32). The molecule has 0 bridgehead atoms. The molecule has 0 fully saturated rings. The molecule has 42 heavy (non-hydrogen) atoms. The van der Waals surface area contributed by atoms with Crippen molar-refractivity contribution in [3.8, 4) is 0 Å². The highest BCUT2D eigenvalue weighted by molar-refractivity contribution is 7.98. The Morgan fingerprint density at radius 1 is 0.976 bits per heavy atom. The van der Waals surface area contributed by atoms with Gasteiger partial charge in [-0.25, -0.2) is 4.79 Å². The Bertz CT molecular complexity index is 1230. The van der Waals surface area contributed by atoms with Crippen molar-refractivity contribution in [2.45, 2.75) is 70.1 Å². The number of para-hydroxylation sites is 1. The first-order chi connectivity index (χ1) is 19.9. The summed E-state index contributed by atoms with van der Waals surface area (Å²) in [7, 11) is 0. The Labute approximate surface area is 250 Å². The molecule has 2 aromatic rings. The molecule has 1 heterocycles. The van der Waals surface area contributed by atoms with Gasteiger partial charge in [0.2, 0.25) is 17.7 Å². The SMILES string of the molecule is CSCCC(NC(=O)C(Cc1c[nH]c2ccccc12)NC(=O)C(N)CC(C)C)C(=O)NC(CCCN=C(N)N)C(=O)O. The second kappa shape index (κ2) is 17.2. The van der Waals surface area contributed by atoms with Crippen molar-refractivity contribution >= 4 is 52.3 Å². The molecule has 232 valence electrons. The van der Waals surface area contributed by atoms with Crippen LogP contribution in [0.5, 0.6) is 0 Å². The van der Waals surface area contributed by atoms with E-state index in [2.05, 4.69) is 25.9 Å². The minimum absolute atomic E-state index is 0.0913. The zero-order valence-corrected chi connectivity index (χ0v) is 25.2. The predicted molar refractivity (Wildman–Crippen MR) is 166 cm³/mol. The Kier molecular flexibility index (Phi) is 14.1. The molecule has 4 unspecified atom stereocenters. The number of nitrogens with zero attached hydrogens (tertiary/aromatic N) is 1. The van der Waals surface area contributed by atoms with Crippen LogP contribution in [0.3, 0.4) is 0 Å². The Balaban J connectivity index is 2.24. The van der Waals surface area contributed by atoms with Gasteiger partial charge in [-0.3, -0.25) is 19.4 Å². The van der Waals surface area contributed by atoms with Crippen LogP contribution < -0.4 is 33.2 Å². The third kappa shape index (κ3) is 11.2. The van der Waals surface area contributed by atoms with Gasteiger partial charge in [0.15, 0.2) is 5.96 Å². The van der Waals surface area contributed by atoms with Crippen LogP contribution in [-0.4, -0.2) is 82.5 Å². The first-order valence-corrected chi connectivity index (χ1v) is 15.3. The Morgan fingerprint density at radius 3 is 2.26 bits per heavy atom. The van der Waals surface area contributed by atoms with E-state index >= 15 is 0 Å². The molecule has 0 spiro atoms. The van der Waals surface area contributed by atoms with Crippen LogP contribution in [0.25, 0.3) is 10.9 Å². The van der Waals surface area contributed by atoms with Crippen molar-refractivity contribution in [3.05, 3.63) is 36.0 Å². The smallest absolute Gasteiger partial charge is 0.326 e. The van der Waals surface area contributed by atoms with Crippen LogP contribution in [-0.2, 0) is 25.6 Å². The van der Waals surface area contributed by atoms with Gasteiger partial charge in [-0.05, 0) is 55.2 Å². The second-order valence-corrected chi connectivity index (χ2v) is 11.5. The third-order valence-corrected chi connectivity index (χ3v) is 7.24. The molecule has 0 aliphatic rings. The quantitative estimate of drug-likeness (QED) is 0.0669. The molecule has 3 amide bonds. The summed E-state index contributed by atoms with van der Waals surface area (Å²) in [5, 5.41) is 18.6. The lowest BCUT2D eigenvalue weighted by atomic mass is 10.0. The summed E-state index contributed by atoms with van der Waals surface area (Å²) in [5.41, 5.74) is 18.4. The lowest BCUT2D eigenvalue weighted by Gasteiger charge is -2.25. The number of aliphatic carboxylic acids is 1. The van der Waals surface area contributed by atoms with Crippen LogP contribution in [0, 0.1) is 5.92 Å². The van der Waals surface area contributed by atoms with Gasteiger partial charge >= 0.3 is 5.97 Å². The van der Waals surface area contributed by atoms with Crippen molar-refractivity contribution in [2.75, 3.05) is 18.6 Å².